The molecule has 0 fully saturated rings. The monoisotopic (exact) mass is 525 g/mol. The van der Waals surface area contributed by atoms with Crippen LogP contribution in [-0.2, 0) is 15.6 Å². The summed E-state index contributed by atoms with van der Waals surface area (Å²) in [4.78, 5) is 12.9. The van der Waals surface area contributed by atoms with Gasteiger partial charge < -0.3 is 4.74 Å². The Balaban J connectivity index is 1.60. The van der Waals surface area contributed by atoms with E-state index in [9.17, 15) is 12.8 Å². The Labute approximate surface area is 210 Å². The number of fused-ring (bicyclic) bond motifs is 1. The molecule has 0 bridgehead atoms. The summed E-state index contributed by atoms with van der Waals surface area (Å²) in [7, 11) is -2.08. The van der Waals surface area contributed by atoms with E-state index in [0.717, 1.165) is 0 Å². The molecule has 0 unspecified atom stereocenters. The topological polar surface area (TPSA) is 82.0 Å². The van der Waals surface area contributed by atoms with Crippen LogP contribution in [0.15, 0.2) is 76.7 Å². The Morgan fingerprint density at radius 1 is 1.03 bits per heavy atom. The standard InChI is InChI=1S/C25H17ClFN3O3S2/c1-33-24-10-20(15-3-2-4-16(27)7-15)22(26)9-21(24)25-19-6-5-18(8-23(19)28-13-29-25)35(31,32)12-17-11-34-14-30-17/h2-11,13-14H,12H2,1H3. The highest BCUT2D eigenvalue weighted by Gasteiger charge is 2.20. The molecule has 0 saturated carbocycles. The van der Waals surface area contributed by atoms with Gasteiger partial charge in [-0.1, -0.05) is 23.7 Å². The minimum Gasteiger partial charge on any atom is -0.496 e. The van der Waals surface area contributed by atoms with Gasteiger partial charge in [-0.25, -0.2) is 27.8 Å². The van der Waals surface area contributed by atoms with Crippen LogP contribution < -0.4 is 4.74 Å². The van der Waals surface area contributed by atoms with E-state index >= 15 is 0 Å². The predicted octanol–water partition coefficient (Wildman–Crippen LogP) is 6.20. The largest absolute Gasteiger partial charge is 0.496 e. The summed E-state index contributed by atoms with van der Waals surface area (Å²) in [5.74, 6) is -0.0805. The molecule has 0 amide bonds. The van der Waals surface area contributed by atoms with Gasteiger partial charge >= 0.3 is 0 Å². The van der Waals surface area contributed by atoms with Crippen molar-refractivity contribution in [3.63, 3.8) is 0 Å². The highest BCUT2D eigenvalue weighted by atomic mass is 35.5. The normalized spacial score (nSPS) is 11.6. The van der Waals surface area contributed by atoms with Crippen molar-refractivity contribution in [2.24, 2.45) is 0 Å². The molecule has 10 heteroatoms. The van der Waals surface area contributed by atoms with Gasteiger partial charge in [0.25, 0.3) is 0 Å². The van der Waals surface area contributed by atoms with E-state index in [0.29, 0.717) is 49.8 Å². The molecule has 0 aliphatic rings. The Bertz CT molecular complexity index is 1660. The van der Waals surface area contributed by atoms with E-state index in [-0.39, 0.29) is 16.5 Å². The van der Waals surface area contributed by atoms with Crippen molar-refractivity contribution in [3.8, 4) is 28.1 Å². The molecule has 5 rings (SSSR count). The zero-order valence-electron chi connectivity index (χ0n) is 18.3. The van der Waals surface area contributed by atoms with Gasteiger partial charge in [0.2, 0.25) is 0 Å². The molecule has 0 radical (unpaired) electrons. The summed E-state index contributed by atoms with van der Waals surface area (Å²) in [6.45, 7) is 0. The van der Waals surface area contributed by atoms with Gasteiger partial charge in [-0.3, -0.25) is 0 Å². The predicted molar refractivity (Wildman–Crippen MR) is 135 cm³/mol. The highest BCUT2D eigenvalue weighted by Crippen LogP contribution is 2.40. The molecule has 35 heavy (non-hydrogen) atoms. The summed E-state index contributed by atoms with van der Waals surface area (Å²) in [6.07, 6.45) is 1.36. The number of aromatic nitrogens is 3. The molecular weight excluding hydrogens is 509 g/mol. The van der Waals surface area contributed by atoms with Crippen LogP contribution in [0.2, 0.25) is 5.02 Å². The minimum atomic E-state index is -3.60. The van der Waals surface area contributed by atoms with E-state index < -0.39 is 9.84 Å². The number of halogens is 2. The lowest BCUT2D eigenvalue weighted by atomic mass is 9.99. The van der Waals surface area contributed by atoms with Crippen LogP contribution in [-0.4, -0.2) is 30.5 Å². The first kappa shape index (κ1) is 23.3. The lowest BCUT2D eigenvalue weighted by Crippen LogP contribution is -2.05. The zero-order chi connectivity index (χ0) is 24.6. The average molecular weight is 526 g/mol. The third kappa shape index (κ3) is 4.62. The molecule has 3 aromatic carbocycles. The number of ether oxygens (including phenoxy) is 1. The number of methoxy groups -OCH3 is 1. The van der Waals surface area contributed by atoms with Crippen molar-refractivity contribution >= 4 is 43.7 Å². The SMILES string of the molecule is COc1cc(-c2cccc(F)c2)c(Cl)cc1-c1ncnc2cc(S(=O)(=O)Cc3cscn3)ccc12. The van der Waals surface area contributed by atoms with E-state index in [4.69, 9.17) is 16.3 Å². The first-order valence-electron chi connectivity index (χ1n) is 10.3. The van der Waals surface area contributed by atoms with Crippen molar-refractivity contribution in [1.82, 2.24) is 15.0 Å². The van der Waals surface area contributed by atoms with E-state index in [2.05, 4.69) is 15.0 Å². The van der Waals surface area contributed by atoms with Crippen LogP contribution in [0, 0.1) is 5.82 Å². The fraction of sp³-hybridized carbons (Fsp3) is 0.0800. The molecule has 0 aliphatic carbocycles. The molecular formula is C25H17ClFN3O3S2. The Kier molecular flexibility index (Phi) is 6.22. The van der Waals surface area contributed by atoms with Crippen molar-refractivity contribution < 1.29 is 17.5 Å². The Morgan fingerprint density at radius 3 is 2.63 bits per heavy atom. The molecule has 5 aromatic rings. The lowest BCUT2D eigenvalue weighted by molar-refractivity contribution is 0.416. The Hall–Kier alpha value is -3.40. The highest BCUT2D eigenvalue weighted by molar-refractivity contribution is 7.90. The number of rotatable bonds is 6. The minimum absolute atomic E-state index is 0.147. The van der Waals surface area contributed by atoms with Crippen LogP contribution in [0.1, 0.15) is 5.69 Å². The van der Waals surface area contributed by atoms with Crippen LogP contribution in [0.4, 0.5) is 4.39 Å². The van der Waals surface area contributed by atoms with Crippen molar-refractivity contribution in [3.05, 3.63) is 88.3 Å². The third-order valence-electron chi connectivity index (χ3n) is 5.47. The summed E-state index contributed by atoms with van der Waals surface area (Å²) in [6, 6.07) is 14.3. The third-order valence-corrected chi connectivity index (χ3v) is 8.06. The summed E-state index contributed by atoms with van der Waals surface area (Å²) < 4.78 is 45.2. The number of nitrogens with zero attached hydrogens (tertiary/aromatic N) is 3. The maximum Gasteiger partial charge on any atom is 0.184 e. The number of hydrogen-bond donors (Lipinski definition) is 0. The lowest BCUT2D eigenvalue weighted by Gasteiger charge is -2.14. The number of sulfone groups is 1. The fourth-order valence-electron chi connectivity index (χ4n) is 3.82. The maximum absolute atomic E-state index is 13.8. The zero-order valence-corrected chi connectivity index (χ0v) is 20.7. The molecule has 2 aromatic heterocycles. The summed E-state index contributed by atoms with van der Waals surface area (Å²) >= 11 is 7.94. The van der Waals surface area contributed by atoms with E-state index in [1.165, 1.54) is 49.0 Å². The second kappa shape index (κ2) is 9.33. The van der Waals surface area contributed by atoms with Crippen LogP contribution >= 0.6 is 22.9 Å². The molecule has 6 nitrogen and oxygen atoms in total. The average Bonchev–Trinajstić information content (AvgIpc) is 3.35. The van der Waals surface area contributed by atoms with Crippen molar-refractivity contribution in [2.45, 2.75) is 10.6 Å². The van der Waals surface area contributed by atoms with Gasteiger partial charge in [-0.05, 0) is 48.0 Å². The molecule has 0 atom stereocenters. The Morgan fingerprint density at radius 2 is 1.89 bits per heavy atom. The number of benzene rings is 3. The second-order valence-corrected chi connectivity index (χ2v) is 10.8. The fourth-order valence-corrected chi connectivity index (χ4v) is 6.03. The summed E-state index contributed by atoms with van der Waals surface area (Å²) in [5, 5.41) is 2.73. The van der Waals surface area contributed by atoms with Gasteiger partial charge in [-0.2, -0.15) is 0 Å². The maximum atomic E-state index is 13.8. The number of hydrogen-bond acceptors (Lipinski definition) is 7. The second-order valence-electron chi connectivity index (χ2n) is 7.68. The van der Waals surface area contributed by atoms with E-state index in [1.807, 2.05) is 0 Å². The summed E-state index contributed by atoms with van der Waals surface area (Å²) in [5.41, 5.74) is 4.91. The van der Waals surface area contributed by atoms with Gasteiger partial charge in [0.05, 0.1) is 40.2 Å². The first-order chi connectivity index (χ1) is 16.9. The van der Waals surface area contributed by atoms with Gasteiger partial charge in [0.1, 0.15) is 17.9 Å². The van der Waals surface area contributed by atoms with Crippen LogP contribution in [0.3, 0.4) is 0 Å². The number of thiazole rings is 1. The van der Waals surface area contributed by atoms with Crippen molar-refractivity contribution in [2.75, 3.05) is 7.11 Å². The quantitative estimate of drug-likeness (QED) is 0.263. The van der Waals surface area contributed by atoms with Gasteiger partial charge in [0.15, 0.2) is 9.84 Å². The smallest absolute Gasteiger partial charge is 0.184 e. The molecule has 2 heterocycles. The van der Waals surface area contributed by atoms with Crippen molar-refractivity contribution in [1.29, 1.82) is 0 Å². The molecule has 0 aliphatic heterocycles. The van der Waals surface area contributed by atoms with Gasteiger partial charge in [-0.15, -0.1) is 11.3 Å². The first-order valence-corrected chi connectivity index (χ1v) is 13.3. The molecule has 176 valence electrons. The molecule has 0 saturated heterocycles. The van der Waals surface area contributed by atoms with Gasteiger partial charge in [0, 0.05) is 26.9 Å². The molecule has 0 N–H and O–H groups in total. The van der Waals surface area contributed by atoms with Crippen LogP contribution in [0.5, 0.6) is 5.75 Å². The van der Waals surface area contributed by atoms with Crippen LogP contribution in [0.25, 0.3) is 33.3 Å². The molecule has 0 spiro atoms. The van der Waals surface area contributed by atoms with E-state index in [1.54, 1.807) is 41.2 Å².